The van der Waals surface area contributed by atoms with E-state index in [9.17, 15) is 24.8 Å². The SMILES string of the molecule is CCOC(=O)C1=C(C)N(C)C(O)=C(C(=O)OCC)C1c1cccc([N+](=O)[O-])c1. The second-order valence-corrected chi connectivity index (χ2v) is 6.02. The number of aliphatic hydroxyl groups is 1. The monoisotopic (exact) mass is 390 g/mol. The van der Waals surface area contributed by atoms with Gasteiger partial charge in [0.25, 0.3) is 5.69 Å². The van der Waals surface area contributed by atoms with Gasteiger partial charge < -0.3 is 19.5 Å². The summed E-state index contributed by atoms with van der Waals surface area (Å²) in [4.78, 5) is 37.2. The summed E-state index contributed by atoms with van der Waals surface area (Å²) in [6.45, 7) is 5.00. The van der Waals surface area contributed by atoms with Gasteiger partial charge in [0.05, 0.1) is 29.6 Å². The van der Waals surface area contributed by atoms with Crippen molar-refractivity contribution in [3.05, 3.63) is 62.7 Å². The molecular weight excluding hydrogens is 368 g/mol. The number of nitrogens with zero attached hydrogens (tertiary/aromatic N) is 2. The second kappa shape index (κ2) is 8.55. The van der Waals surface area contributed by atoms with Gasteiger partial charge in [0.15, 0.2) is 0 Å². The zero-order chi connectivity index (χ0) is 21.0. The van der Waals surface area contributed by atoms with E-state index in [0.29, 0.717) is 11.3 Å². The summed E-state index contributed by atoms with van der Waals surface area (Å²) in [6.07, 6.45) is 0. The number of esters is 2. The van der Waals surface area contributed by atoms with E-state index in [1.165, 1.54) is 30.1 Å². The van der Waals surface area contributed by atoms with Crippen LogP contribution >= 0.6 is 0 Å². The van der Waals surface area contributed by atoms with Gasteiger partial charge in [0.2, 0.25) is 5.88 Å². The van der Waals surface area contributed by atoms with Crippen molar-refractivity contribution in [1.29, 1.82) is 0 Å². The first-order valence-electron chi connectivity index (χ1n) is 8.70. The Morgan fingerprint density at radius 1 is 1.18 bits per heavy atom. The van der Waals surface area contributed by atoms with Crippen molar-refractivity contribution >= 4 is 17.6 Å². The van der Waals surface area contributed by atoms with Gasteiger partial charge >= 0.3 is 11.9 Å². The molecule has 1 unspecified atom stereocenters. The number of rotatable bonds is 6. The lowest BCUT2D eigenvalue weighted by Crippen LogP contribution is -2.34. The lowest BCUT2D eigenvalue weighted by molar-refractivity contribution is -0.384. The smallest absolute Gasteiger partial charge is 0.340 e. The molecule has 1 heterocycles. The molecule has 0 aliphatic carbocycles. The van der Waals surface area contributed by atoms with E-state index in [1.807, 2.05) is 0 Å². The maximum absolute atomic E-state index is 12.7. The third-order valence-electron chi connectivity index (χ3n) is 4.43. The van der Waals surface area contributed by atoms with Crippen molar-refractivity contribution in [3.63, 3.8) is 0 Å². The fraction of sp³-hybridized carbons (Fsp3) is 0.368. The van der Waals surface area contributed by atoms with Crippen LogP contribution in [0.15, 0.2) is 47.0 Å². The molecule has 9 heteroatoms. The molecule has 28 heavy (non-hydrogen) atoms. The van der Waals surface area contributed by atoms with Crippen molar-refractivity contribution in [2.24, 2.45) is 0 Å². The molecule has 1 atom stereocenters. The number of allylic oxidation sites excluding steroid dienone is 1. The molecule has 1 aliphatic rings. The van der Waals surface area contributed by atoms with Crippen LogP contribution in [0.3, 0.4) is 0 Å². The summed E-state index contributed by atoms with van der Waals surface area (Å²) in [7, 11) is 1.49. The first kappa shape index (κ1) is 20.9. The minimum Gasteiger partial charge on any atom is -0.494 e. The largest absolute Gasteiger partial charge is 0.494 e. The Hall–Kier alpha value is -3.36. The number of benzene rings is 1. The average molecular weight is 390 g/mol. The first-order valence-corrected chi connectivity index (χ1v) is 8.70. The average Bonchev–Trinajstić information content (AvgIpc) is 2.66. The maximum Gasteiger partial charge on any atom is 0.340 e. The molecule has 1 aromatic rings. The fourth-order valence-electron chi connectivity index (χ4n) is 3.05. The lowest BCUT2D eigenvalue weighted by atomic mass is 9.81. The highest BCUT2D eigenvalue weighted by atomic mass is 16.6. The minimum absolute atomic E-state index is 0.0540. The van der Waals surface area contributed by atoms with Gasteiger partial charge in [0, 0.05) is 24.9 Å². The van der Waals surface area contributed by atoms with E-state index < -0.39 is 22.8 Å². The topological polar surface area (TPSA) is 119 Å². The van der Waals surface area contributed by atoms with Crippen molar-refractivity contribution in [1.82, 2.24) is 4.90 Å². The quantitative estimate of drug-likeness (QED) is 0.447. The van der Waals surface area contributed by atoms with Gasteiger partial charge in [-0.25, -0.2) is 9.59 Å². The molecule has 0 bridgehead atoms. The van der Waals surface area contributed by atoms with E-state index in [-0.39, 0.29) is 35.9 Å². The Morgan fingerprint density at radius 2 is 1.75 bits per heavy atom. The predicted octanol–water partition coefficient (Wildman–Crippen LogP) is 2.79. The number of carbonyl (C=O) groups excluding carboxylic acids is 2. The van der Waals surface area contributed by atoms with E-state index in [2.05, 4.69) is 0 Å². The number of nitro groups is 1. The van der Waals surface area contributed by atoms with Crippen LogP contribution < -0.4 is 0 Å². The summed E-state index contributed by atoms with van der Waals surface area (Å²) in [5, 5.41) is 21.8. The van der Waals surface area contributed by atoms with Gasteiger partial charge in [-0.3, -0.25) is 10.1 Å². The molecule has 150 valence electrons. The molecule has 0 spiro atoms. The van der Waals surface area contributed by atoms with Gasteiger partial charge in [-0.05, 0) is 26.3 Å². The predicted molar refractivity (Wildman–Crippen MR) is 99.2 cm³/mol. The summed E-state index contributed by atoms with van der Waals surface area (Å²) in [5.41, 5.74) is 0.365. The molecule has 2 rings (SSSR count). The molecule has 0 aromatic heterocycles. The molecule has 1 N–H and O–H groups in total. The van der Waals surface area contributed by atoms with Crippen LogP contribution in [-0.2, 0) is 19.1 Å². The zero-order valence-corrected chi connectivity index (χ0v) is 16.1. The number of carbonyl (C=O) groups is 2. The summed E-state index contributed by atoms with van der Waals surface area (Å²) < 4.78 is 10.2. The Labute approximate surface area is 162 Å². The number of ether oxygens (including phenoxy) is 2. The molecule has 0 amide bonds. The first-order chi connectivity index (χ1) is 13.2. The molecule has 1 aliphatic heterocycles. The highest BCUT2D eigenvalue weighted by Gasteiger charge is 2.41. The molecule has 0 saturated carbocycles. The standard InChI is InChI=1S/C19H22N2O7/c1-5-27-18(23)14-11(3)20(4)17(22)16(19(24)28-6-2)15(14)12-8-7-9-13(10-12)21(25)26/h7-10,15,22H,5-6H2,1-4H3. The number of non-ortho nitro benzene ring substituents is 1. The third-order valence-corrected chi connectivity index (χ3v) is 4.43. The summed E-state index contributed by atoms with van der Waals surface area (Å²) in [5.74, 6) is -2.97. The zero-order valence-electron chi connectivity index (χ0n) is 16.1. The van der Waals surface area contributed by atoms with Gasteiger partial charge in [-0.2, -0.15) is 0 Å². The second-order valence-electron chi connectivity index (χ2n) is 6.02. The summed E-state index contributed by atoms with van der Waals surface area (Å²) in [6, 6.07) is 5.55. The van der Waals surface area contributed by atoms with Crippen molar-refractivity contribution < 1.29 is 29.1 Å². The Balaban J connectivity index is 2.76. The molecular formula is C19H22N2O7. The van der Waals surface area contributed by atoms with Gasteiger partial charge in [0.1, 0.15) is 5.57 Å². The molecule has 0 fully saturated rings. The fourth-order valence-corrected chi connectivity index (χ4v) is 3.05. The van der Waals surface area contributed by atoms with E-state index in [4.69, 9.17) is 9.47 Å². The van der Waals surface area contributed by atoms with Crippen LogP contribution in [0.2, 0.25) is 0 Å². The molecule has 9 nitrogen and oxygen atoms in total. The van der Waals surface area contributed by atoms with E-state index in [1.54, 1.807) is 26.8 Å². The van der Waals surface area contributed by atoms with Crippen LogP contribution in [0.25, 0.3) is 0 Å². The van der Waals surface area contributed by atoms with Crippen LogP contribution in [-0.4, -0.2) is 47.1 Å². The molecule has 1 aromatic carbocycles. The third kappa shape index (κ3) is 3.83. The molecule has 0 saturated heterocycles. The Morgan fingerprint density at radius 3 is 2.29 bits per heavy atom. The van der Waals surface area contributed by atoms with Crippen molar-refractivity contribution in [2.45, 2.75) is 26.7 Å². The molecule has 0 radical (unpaired) electrons. The lowest BCUT2D eigenvalue weighted by Gasteiger charge is -2.33. The number of nitro benzene ring substituents is 1. The van der Waals surface area contributed by atoms with E-state index >= 15 is 0 Å². The van der Waals surface area contributed by atoms with Crippen molar-refractivity contribution in [2.75, 3.05) is 20.3 Å². The van der Waals surface area contributed by atoms with Gasteiger partial charge in [-0.15, -0.1) is 0 Å². The van der Waals surface area contributed by atoms with Crippen LogP contribution in [0, 0.1) is 10.1 Å². The minimum atomic E-state index is -1.07. The number of aliphatic hydroxyl groups excluding tert-OH is 1. The van der Waals surface area contributed by atoms with E-state index in [0.717, 1.165) is 0 Å². The van der Waals surface area contributed by atoms with Crippen molar-refractivity contribution in [3.8, 4) is 0 Å². The number of hydrogen-bond acceptors (Lipinski definition) is 8. The van der Waals surface area contributed by atoms with Crippen LogP contribution in [0.4, 0.5) is 5.69 Å². The van der Waals surface area contributed by atoms with Crippen LogP contribution in [0.1, 0.15) is 32.3 Å². The normalized spacial score (nSPS) is 16.9. The Kier molecular flexibility index (Phi) is 6.40. The highest BCUT2D eigenvalue weighted by molar-refractivity contribution is 5.99. The number of hydrogen-bond donors (Lipinski definition) is 1. The highest BCUT2D eigenvalue weighted by Crippen LogP contribution is 2.42. The van der Waals surface area contributed by atoms with Gasteiger partial charge in [-0.1, -0.05) is 12.1 Å². The van der Waals surface area contributed by atoms with Crippen LogP contribution in [0.5, 0.6) is 0 Å². The maximum atomic E-state index is 12.7. The Bertz CT molecular complexity index is 831. The summed E-state index contributed by atoms with van der Waals surface area (Å²) >= 11 is 0.